The smallest absolute Gasteiger partial charge is 0.224 e. The number of hydrogen-bond acceptors (Lipinski definition) is 4. The van der Waals surface area contributed by atoms with Crippen molar-refractivity contribution in [3.63, 3.8) is 0 Å². The van der Waals surface area contributed by atoms with E-state index in [0.717, 1.165) is 56.0 Å². The van der Waals surface area contributed by atoms with Gasteiger partial charge in [-0.05, 0) is 25.0 Å². The molecule has 21 heavy (non-hydrogen) atoms. The number of carbonyl (C=O) groups excluding carboxylic acids is 1. The predicted octanol–water partition coefficient (Wildman–Crippen LogP) is 1.59. The summed E-state index contributed by atoms with van der Waals surface area (Å²) in [6.45, 7) is 6.23. The van der Waals surface area contributed by atoms with Crippen molar-refractivity contribution in [3.8, 4) is 5.75 Å². The molecule has 0 aromatic heterocycles. The summed E-state index contributed by atoms with van der Waals surface area (Å²) in [6.07, 6.45) is 2.36. The summed E-state index contributed by atoms with van der Waals surface area (Å²) in [4.78, 5) is 13.9. The van der Waals surface area contributed by atoms with Crippen LogP contribution < -0.4 is 15.4 Å². The highest BCUT2D eigenvalue weighted by molar-refractivity contribution is 5.94. The lowest BCUT2D eigenvalue weighted by molar-refractivity contribution is -0.116. The Bertz CT molecular complexity index is 512. The molecule has 2 aliphatic heterocycles. The maximum absolute atomic E-state index is 11.5. The molecular formula is C16H23N3O2. The molecule has 1 aromatic carbocycles. The van der Waals surface area contributed by atoms with Crippen molar-refractivity contribution in [3.05, 3.63) is 23.8 Å². The summed E-state index contributed by atoms with van der Waals surface area (Å²) in [6, 6.07) is 5.91. The minimum atomic E-state index is 0.0915. The van der Waals surface area contributed by atoms with Gasteiger partial charge in [0, 0.05) is 43.9 Å². The third-order valence-corrected chi connectivity index (χ3v) is 4.18. The molecule has 1 atom stereocenters. The molecule has 1 aromatic rings. The number of nitrogens with zero attached hydrogens (tertiary/aromatic N) is 1. The highest BCUT2D eigenvalue weighted by Gasteiger charge is 2.23. The molecule has 0 radical (unpaired) electrons. The molecular weight excluding hydrogens is 266 g/mol. The number of nitrogens with one attached hydrogen (secondary N) is 2. The molecule has 2 aliphatic rings. The largest absolute Gasteiger partial charge is 0.475 e. The lowest BCUT2D eigenvalue weighted by Gasteiger charge is -2.35. The SMILES string of the molecule is CCC(Oc1cccc2c1CCC(=O)N2)N1CCNCC1. The van der Waals surface area contributed by atoms with Crippen molar-refractivity contribution in [1.82, 2.24) is 10.2 Å². The van der Waals surface area contributed by atoms with Gasteiger partial charge >= 0.3 is 0 Å². The molecule has 2 heterocycles. The van der Waals surface area contributed by atoms with Gasteiger partial charge in [0.25, 0.3) is 0 Å². The van der Waals surface area contributed by atoms with Crippen LogP contribution in [0.2, 0.25) is 0 Å². The van der Waals surface area contributed by atoms with E-state index in [1.165, 1.54) is 0 Å². The zero-order chi connectivity index (χ0) is 14.7. The van der Waals surface area contributed by atoms with Crippen molar-refractivity contribution in [2.75, 3.05) is 31.5 Å². The number of amides is 1. The van der Waals surface area contributed by atoms with E-state index in [0.29, 0.717) is 6.42 Å². The molecule has 1 unspecified atom stereocenters. The van der Waals surface area contributed by atoms with Crippen LogP contribution in [0.15, 0.2) is 18.2 Å². The zero-order valence-corrected chi connectivity index (χ0v) is 12.5. The number of anilines is 1. The number of hydrogen-bond donors (Lipinski definition) is 2. The number of rotatable bonds is 4. The van der Waals surface area contributed by atoms with Crippen LogP contribution in [-0.4, -0.2) is 43.2 Å². The fourth-order valence-electron chi connectivity index (χ4n) is 3.04. The molecule has 3 rings (SSSR count). The molecule has 5 nitrogen and oxygen atoms in total. The van der Waals surface area contributed by atoms with E-state index in [2.05, 4.69) is 22.5 Å². The van der Waals surface area contributed by atoms with Crippen molar-refractivity contribution >= 4 is 11.6 Å². The van der Waals surface area contributed by atoms with Gasteiger partial charge in [0.05, 0.1) is 0 Å². The van der Waals surface area contributed by atoms with Crippen LogP contribution in [0.1, 0.15) is 25.3 Å². The van der Waals surface area contributed by atoms with Gasteiger partial charge in [-0.3, -0.25) is 9.69 Å². The van der Waals surface area contributed by atoms with Gasteiger partial charge in [0.2, 0.25) is 5.91 Å². The fourth-order valence-corrected chi connectivity index (χ4v) is 3.04. The number of carbonyl (C=O) groups is 1. The number of benzene rings is 1. The van der Waals surface area contributed by atoms with Crippen LogP contribution >= 0.6 is 0 Å². The Hall–Kier alpha value is -1.59. The Morgan fingerprint density at radius 3 is 2.86 bits per heavy atom. The van der Waals surface area contributed by atoms with Crippen molar-refractivity contribution in [2.45, 2.75) is 32.4 Å². The third kappa shape index (κ3) is 3.19. The van der Waals surface area contributed by atoms with E-state index in [-0.39, 0.29) is 12.1 Å². The van der Waals surface area contributed by atoms with Crippen LogP contribution in [-0.2, 0) is 11.2 Å². The second-order valence-electron chi connectivity index (χ2n) is 5.60. The summed E-state index contributed by atoms with van der Waals surface area (Å²) >= 11 is 0. The first-order valence-electron chi connectivity index (χ1n) is 7.81. The van der Waals surface area contributed by atoms with E-state index < -0.39 is 0 Å². The Labute approximate surface area is 125 Å². The lowest BCUT2D eigenvalue weighted by atomic mass is 10.0. The molecule has 0 saturated carbocycles. The molecule has 2 N–H and O–H groups in total. The molecule has 0 spiro atoms. The topological polar surface area (TPSA) is 53.6 Å². The quantitative estimate of drug-likeness (QED) is 0.884. The lowest BCUT2D eigenvalue weighted by Crippen LogP contribution is -2.50. The number of fused-ring (bicyclic) bond motifs is 1. The van der Waals surface area contributed by atoms with Gasteiger partial charge in [0.1, 0.15) is 5.75 Å². The first-order valence-corrected chi connectivity index (χ1v) is 7.81. The minimum Gasteiger partial charge on any atom is -0.475 e. The van der Waals surface area contributed by atoms with Gasteiger partial charge in [-0.2, -0.15) is 0 Å². The van der Waals surface area contributed by atoms with E-state index in [9.17, 15) is 4.79 Å². The van der Waals surface area contributed by atoms with Crippen LogP contribution in [0.5, 0.6) is 5.75 Å². The van der Waals surface area contributed by atoms with Gasteiger partial charge in [-0.1, -0.05) is 13.0 Å². The molecule has 114 valence electrons. The van der Waals surface area contributed by atoms with Crippen LogP contribution in [0, 0.1) is 0 Å². The van der Waals surface area contributed by atoms with Gasteiger partial charge in [-0.15, -0.1) is 0 Å². The highest BCUT2D eigenvalue weighted by Crippen LogP contribution is 2.32. The monoisotopic (exact) mass is 289 g/mol. The van der Waals surface area contributed by atoms with E-state index in [1.54, 1.807) is 0 Å². The summed E-state index contributed by atoms with van der Waals surface area (Å²) < 4.78 is 6.28. The number of piperazine rings is 1. The van der Waals surface area contributed by atoms with Gasteiger partial charge < -0.3 is 15.4 Å². The number of ether oxygens (including phenoxy) is 1. The Balaban J connectivity index is 1.77. The molecule has 0 bridgehead atoms. The van der Waals surface area contributed by atoms with Crippen molar-refractivity contribution in [1.29, 1.82) is 0 Å². The summed E-state index contributed by atoms with van der Waals surface area (Å²) in [5.41, 5.74) is 2.03. The molecule has 1 saturated heterocycles. The Morgan fingerprint density at radius 2 is 2.10 bits per heavy atom. The second-order valence-corrected chi connectivity index (χ2v) is 5.60. The standard InChI is InChI=1S/C16H23N3O2/c1-2-16(19-10-8-17-9-11-19)21-14-5-3-4-13-12(14)6-7-15(20)18-13/h3-5,16-17H,2,6-11H2,1H3,(H,18,20). The fraction of sp³-hybridized carbons (Fsp3) is 0.562. The molecule has 1 amide bonds. The normalized spacial score (nSPS) is 20.5. The highest BCUT2D eigenvalue weighted by atomic mass is 16.5. The third-order valence-electron chi connectivity index (χ3n) is 4.18. The molecule has 5 heteroatoms. The summed E-state index contributed by atoms with van der Waals surface area (Å²) in [7, 11) is 0. The average Bonchev–Trinajstić information content (AvgIpc) is 2.53. The van der Waals surface area contributed by atoms with E-state index >= 15 is 0 Å². The average molecular weight is 289 g/mol. The van der Waals surface area contributed by atoms with Crippen molar-refractivity contribution in [2.24, 2.45) is 0 Å². The van der Waals surface area contributed by atoms with E-state index in [4.69, 9.17) is 4.74 Å². The van der Waals surface area contributed by atoms with E-state index in [1.807, 2.05) is 18.2 Å². The second kappa shape index (κ2) is 6.45. The van der Waals surface area contributed by atoms with Gasteiger partial charge in [0.15, 0.2) is 6.23 Å². The molecule has 1 fully saturated rings. The van der Waals surface area contributed by atoms with Crippen LogP contribution in [0.4, 0.5) is 5.69 Å². The predicted molar refractivity (Wildman–Crippen MR) is 82.5 cm³/mol. The van der Waals surface area contributed by atoms with Crippen LogP contribution in [0.3, 0.4) is 0 Å². The van der Waals surface area contributed by atoms with Crippen LogP contribution in [0.25, 0.3) is 0 Å². The first-order chi connectivity index (χ1) is 10.3. The zero-order valence-electron chi connectivity index (χ0n) is 12.5. The minimum absolute atomic E-state index is 0.0915. The van der Waals surface area contributed by atoms with Crippen molar-refractivity contribution < 1.29 is 9.53 Å². The Morgan fingerprint density at radius 1 is 1.29 bits per heavy atom. The molecule has 0 aliphatic carbocycles. The first kappa shape index (κ1) is 14.4. The van der Waals surface area contributed by atoms with Gasteiger partial charge in [-0.25, -0.2) is 0 Å². The maximum atomic E-state index is 11.5. The summed E-state index contributed by atoms with van der Waals surface area (Å²) in [5, 5.41) is 6.30. The summed E-state index contributed by atoms with van der Waals surface area (Å²) in [5.74, 6) is 1.01. The maximum Gasteiger partial charge on any atom is 0.224 e. The Kier molecular flexibility index (Phi) is 4.41.